The Morgan fingerprint density at radius 1 is 1.16 bits per heavy atom. The third kappa shape index (κ3) is 4.15. The largest absolute Gasteiger partial charge is 0.353 e. The van der Waals surface area contributed by atoms with E-state index in [0.717, 1.165) is 12.3 Å². The second kappa shape index (κ2) is 6.83. The number of nitrogens with two attached hydrogens (primary N) is 1. The maximum atomic E-state index is 6.15. The predicted octanol–water partition coefficient (Wildman–Crippen LogP) is 3.94. The number of nitrogens with zero attached hydrogens (tertiary/aromatic N) is 1. The van der Waals surface area contributed by atoms with Gasteiger partial charge in [-0.3, -0.25) is 0 Å². The second-order valence-corrected chi connectivity index (χ2v) is 6.28. The minimum atomic E-state index is 0.142. The van der Waals surface area contributed by atoms with Crippen LogP contribution in [0, 0.1) is 5.92 Å². The molecule has 0 saturated carbocycles. The van der Waals surface area contributed by atoms with Crippen molar-refractivity contribution >= 4 is 11.8 Å². The van der Waals surface area contributed by atoms with E-state index in [4.69, 9.17) is 5.73 Å². The molecule has 1 aromatic heterocycles. The van der Waals surface area contributed by atoms with E-state index in [1.165, 1.54) is 10.5 Å². The van der Waals surface area contributed by atoms with Gasteiger partial charge in [0.25, 0.3) is 0 Å². The molecule has 3 heteroatoms. The normalized spacial score (nSPS) is 12.8. The quantitative estimate of drug-likeness (QED) is 0.809. The van der Waals surface area contributed by atoms with Crippen LogP contribution in [0.2, 0.25) is 0 Å². The first-order valence-electron chi connectivity index (χ1n) is 6.76. The summed E-state index contributed by atoms with van der Waals surface area (Å²) in [5.74, 6) is 1.56. The van der Waals surface area contributed by atoms with E-state index < -0.39 is 0 Å². The zero-order chi connectivity index (χ0) is 13.7. The van der Waals surface area contributed by atoms with Crippen LogP contribution >= 0.6 is 11.8 Å². The summed E-state index contributed by atoms with van der Waals surface area (Å²) in [6.45, 7) is 5.34. The van der Waals surface area contributed by atoms with E-state index in [-0.39, 0.29) is 6.04 Å². The SMILES string of the molecule is CC(C)C(N)c1ccn(CCSc2ccccc2)c1. The van der Waals surface area contributed by atoms with Gasteiger partial charge in [0.05, 0.1) is 0 Å². The van der Waals surface area contributed by atoms with Crippen molar-refractivity contribution in [2.24, 2.45) is 11.7 Å². The molecule has 0 spiro atoms. The Bertz CT molecular complexity index is 490. The Labute approximate surface area is 120 Å². The maximum absolute atomic E-state index is 6.15. The van der Waals surface area contributed by atoms with Gasteiger partial charge in [-0.25, -0.2) is 0 Å². The van der Waals surface area contributed by atoms with Crippen molar-refractivity contribution in [2.45, 2.75) is 31.3 Å². The summed E-state index contributed by atoms with van der Waals surface area (Å²) in [4.78, 5) is 1.33. The Balaban J connectivity index is 1.84. The van der Waals surface area contributed by atoms with Crippen molar-refractivity contribution in [2.75, 3.05) is 5.75 Å². The van der Waals surface area contributed by atoms with Crippen LogP contribution in [0.15, 0.2) is 53.7 Å². The first-order chi connectivity index (χ1) is 9.16. The third-order valence-corrected chi connectivity index (χ3v) is 4.23. The molecule has 102 valence electrons. The van der Waals surface area contributed by atoms with Gasteiger partial charge in [-0.05, 0) is 29.7 Å². The number of aromatic nitrogens is 1. The van der Waals surface area contributed by atoms with Gasteiger partial charge in [-0.2, -0.15) is 0 Å². The van der Waals surface area contributed by atoms with E-state index in [2.05, 4.69) is 67.2 Å². The molecule has 0 amide bonds. The average Bonchev–Trinajstić information content (AvgIpc) is 2.88. The second-order valence-electron chi connectivity index (χ2n) is 5.11. The summed E-state index contributed by atoms with van der Waals surface area (Å²) in [5, 5.41) is 0. The molecule has 1 unspecified atom stereocenters. The molecule has 2 rings (SSSR count). The highest BCUT2D eigenvalue weighted by molar-refractivity contribution is 7.99. The molecule has 1 atom stereocenters. The lowest BCUT2D eigenvalue weighted by atomic mass is 10.00. The minimum Gasteiger partial charge on any atom is -0.353 e. The molecule has 2 N–H and O–H groups in total. The summed E-state index contributed by atoms with van der Waals surface area (Å²) in [6, 6.07) is 12.8. The smallest absolute Gasteiger partial charge is 0.0333 e. The van der Waals surface area contributed by atoms with Crippen molar-refractivity contribution < 1.29 is 0 Å². The zero-order valence-corrected chi connectivity index (χ0v) is 12.4. The summed E-state index contributed by atoms with van der Waals surface area (Å²) in [5.41, 5.74) is 7.39. The van der Waals surface area contributed by atoms with Crippen molar-refractivity contribution in [3.63, 3.8) is 0 Å². The summed E-state index contributed by atoms with van der Waals surface area (Å²) < 4.78 is 2.23. The van der Waals surface area contributed by atoms with Crippen LogP contribution < -0.4 is 5.73 Å². The fourth-order valence-corrected chi connectivity index (χ4v) is 2.85. The zero-order valence-electron chi connectivity index (χ0n) is 11.6. The van der Waals surface area contributed by atoms with E-state index in [0.29, 0.717) is 5.92 Å². The molecule has 0 saturated heterocycles. The molecular formula is C16H22N2S. The lowest BCUT2D eigenvalue weighted by Crippen LogP contribution is -2.15. The van der Waals surface area contributed by atoms with E-state index in [1.807, 2.05) is 11.8 Å². The van der Waals surface area contributed by atoms with Crippen LogP contribution in [-0.2, 0) is 6.54 Å². The van der Waals surface area contributed by atoms with Crippen LogP contribution in [0.5, 0.6) is 0 Å². The van der Waals surface area contributed by atoms with Gasteiger partial charge in [0.1, 0.15) is 0 Å². The van der Waals surface area contributed by atoms with E-state index >= 15 is 0 Å². The van der Waals surface area contributed by atoms with Crippen LogP contribution in [0.3, 0.4) is 0 Å². The molecular weight excluding hydrogens is 252 g/mol. The molecule has 0 fully saturated rings. The van der Waals surface area contributed by atoms with Gasteiger partial charge in [-0.15, -0.1) is 11.8 Å². The highest BCUT2D eigenvalue weighted by atomic mass is 32.2. The van der Waals surface area contributed by atoms with Gasteiger partial charge in [0, 0.05) is 35.6 Å². The van der Waals surface area contributed by atoms with Crippen molar-refractivity contribution in [3.05, 3.63) is 54.4 Å². The molecule has 1 aromatic carbocycles. The van der Waals surface area contributed by atoms with Gasteiger partial charge in [0.15, 0.2) is 0 Å². The fourth-order valence-electron chi connectivity index (χ4n) is 1.97. The maximum Gasteiger partial charge on any atom is 0.0333 e. The molecule has 2 aromatic rings. The number of benzene rings is 1. The van der Waals surface area contributed by atoms with Gasteiger partial charge in [-0.1, -0.05) is 32.0 Å². The highest BCUT2D eigenvalue weighted by Crippen LogP contribution is 2.20. The first-order valence-corrected chi connectivity index (χ1v) is 7.74. The molecule has 0 radical (unpaired) electrons. The minimum absolute atomic E-state index is 0.142. The fraction of sp³-hybridized carbons (Fsp3) is 0.375. The number of hydrogen-bond donors (Lipinski definition) is 1. The molecule has 0 aliphatic heterocycles. The molecule has 0 aliphatic carbocycles. The summed E-state index contributed by atoms with van der Waals surface area (Å²) in [6.07, 6.45) is 4.30. The molecule has 2 nitrogen and oxygen atoms in total. The van der Waals surface area contributed by atoms with E-state index in [1.54, 1.807) is 0 Å². The van der Waals surface area contributed by atoms with Gasteiger partial charge >= 0.3 is 0 Å². The number of aryl methyl sites for hydroxylation is 1. The molecule has 19 heavy (non-hydrogen) atoms. The lowest BCUT2D eigenvalue weighted by molar-refractivity contribution is 0.513. The first kappa shape index (κ1) is 14.2. The highest BCUT2D eigenvalue weighted by Gasteiger charge is 2.11. The van der Waals surface area contributed by atoms with Crippen LogP contribution in [0.1, 0.15) is 25.5 Å². The van der Waals surface area contributed by atoms with Crippen LogP contribution in [0.4, 0.5) is 0 Å². The number of thioether (sulfide) groups is 1. The van der Waals surface area contributed by atoms with Crippen molar-refractivity contribution in [1.29, 1.82) is 0 Å². The van der Waals surface area contributed by atoms with Crippen molar-refractivity contribution in [3.8, 4) is 0 Å². The standard InChI is InChI=1S/C16H22N2S/c1-13(2)16(17)14-8-9-18(12-14)10-11-19-15-6-4-3-5-7-15/h3-9,12-13,16H,10-11,17H2,1-2H3. The topological polar surface area (TPSA) is 30.9 Å². The predicted molar refractivity (Wildman–Crippen MR) is 83.4 cm³/mol. The average molecular weight is 274 g/mol. The van der Waals surface area contributed by atoms with E-state index in [9.17, 15) is 0 Å². The molecule has 0 aliphatic rings. The lowest BCUT2D eigenvalue weighted by Gasteiger charge is -2.13. The summed E-state index contributed by atoms with van der Waals surface area (Å²) in [7, 11) is 0. The van der Waals surface area contributed by atoms with Crippen LogP contribution in [0.25, 0.3) is 0 Å². The third-order valence-electron chi connectivity index (χ3n) is 3.24. The van der Waals surface area contributed by atoms with Crippen molar-refractivity contribution in [1.82, 2.24) is 4.57 Å². The van der Waals surface area contributed by atoms with Crippen LogP contribution in [-0.4, -0.2) is 10.3 Å². The Kier molecular flexibility index (Phi) is 5.11. The van der Waals surface area contributed by atoms with Gasteiger partial charge < -0.3 is 10.3 Å². The Morgan fingerprint density at radius 2 is 1.89 bits per heavy atom. The Morgan fingerprint density at radius 3 is 2.58 bits per heavy atom. The number of hydrogen-bond acceptors (Lipinski definition) is 2. The monoisotopic (exact) mass is 274 g/mol. The summed E-state index contributed by atoms with van der Waals surface area (Å²) >= 11 is 1.89. The Hall–Kier alpha value is -1.19. The molecule has 1 heterocycles. The van der Waals surface area contributed by atoms with Gasteiger partial charge in [0.2, 0.25) is 0 Å². The molecule has 0 bridgehead atoms. The number of rotatable bonds is 6.